The molecule has 1 aromatic heterocycles. The zero-order chi connectivity index (χ0) is 18.5. The van der Waals surface area contributed by atoms with E-state index in [0.717, 1.165) is 0 Å². The summed E-state index contributed by atoms with van der Waals surface area (Å²) in [5, 5.41) is 6.65. The van der Waals surface area contributed by atoms with E-state index in [1.54, 1.807) is 49.4 Å². The van der Waals surface area contributed by atoms with E-state index in [-0.39, 0.29) is 18.3 Å². The summed E-state index contributed by atoms with van der Waals surface area (Å²) < 4.78 is 10.5. The molecule has 0 aliphatic carbocycles. The van der Waals surface area contributed by atoms with E-state index in [1.165, 1.54) is 6.92 Å². The molecular weight excluding hydrogens is 334 g/mol. The summed E-state index contributed by atoms with van der Waals surface area (Å²) in [4.78, 5) is 27.8. The Labute approximate surface area is 150 Å². The molecule has 2 aromatic carbocycles. The van der Waals surface area contributed by atoms with Crippen molar-refractivity contribution in [2.24, 2.45) is 0 Å². The fourth-order valence-corrected chi connectivity index (χ4v) is 2.34. The normalized spacial score (nSPS) is 10.4. The molecule has 1 N–H and O–H groups in total. The summed E-state index contributed by atoms with van der Waals surface area (Å²) in [5.74, 6) is 0.883. The molecule has 0 saturated carbocycles. The molecular formula is C19H17N3O4. The largest absolute Gasteiger partial charge is 0.484 e. The van der Waals surface area contributed by atoms with Crippen LogP contribution in [0.2, 0.25) is 0 Å². The smallest absolute Gasteiger partial charge is 0.262 e. The van der Waals surface area contributed by atoms with Crippen LogP contribution in [0, 0.1) is 6.92 Å². The first-order valence-corrected chi connectivity index (χ1v) is 7.96. The molecule has 0 fully saturated rings. The third kappa shape index (κ3) is 4.13. The SMILES string of the molecule is CC(=O)c1cccc(OCC(=O)Nc2ccccc2-c2noc(C)n2)c1. The van der Waals surface area contributed by atoms with E-state index >= 15 is 0 Å². The van der Waals surface area contributed by atoms with Gasteiger partial charge in [0.25, 0.3) is 5.91 Å². The Balaban J connectivity index is 1.68. The van der Waals surface area contributed by atoms with Crippen molar-refractivity contribution in [2.75, 3.05) is 11.9 Å². The van der Waals surface area contributed by atoms with Gasteiger partial charge in [0.15, 0.2) is 12.4 Å². The molecule has 3 aromatic rings. The van der Waals surface area contributed by atoms with Gasteiger partial charge in [-0.1, -0.05) is 29.4 Å². The number of hydrogen-bond acceptors (Lipinski definition) is 6. The molecule has 132 valence electrons. The number of ether oxygens (including phenoxy) is 1. The molecule has 0 aliphatic heterocycles. The first-order chi connectivity index (χ1) is 12.5. The van der Waals surface area contributed by atoms with Crippen LogP contribution in [0.5, 0.6) is 5.75 Å². The maximum Gasteiger partial charge on any atom is 0.262 e. The number of hydrogen-bond donors (Lipinski definition) is 1. The molecule has 0 saturated heterocycles. The zero-order valence-corrected chi connectivity index (χ0v) is 14.4. The average Bonchev–Trinajstić information content (AvgIpc) is 3.07. The predicted octanol–water partition coefficient (Wildman–Crippen LogP) is 3.27. The molecule has 0 bridgehead atoms. The molecule has 0 atom stereocenters. The highest BCUT2D eigenvalue weighted by Gasteiger charge is 2.13. The Morgan fingerprint density at radius 2 is 1.96 bits per heavy atom. The summed E-state index contributed by atoms with van der Waals surface area (Å²) in [5.41, 5.74) is 1.73. The van der Waals surface area contributed by atoms with E-state index in [4.69, 9.17) is 9.26 Å². The molecule has 0 radical (unpaired) electrons. The minimum absolute atomic E-state index is 0.0655. The number of aromatic nitrogens is 2. The Bertz CT molecular complexity index is 949. The minimum atomic E-state index is -0.342. The van der Waals surface area contributed by atoms with Crippen LogP contribution in [0.4, 0.5) is 5.69 Å². The van der Waals surface area contributed by atoms with Gasteiger partial charge >= 0.3 is 0 Å². The molecule has 0 aliphatic rings. The lowest BCUT2D eigenvalue weighted by molar-refractivity contribution is -0.118. The van der Waals surface area contributed by atoms with Crippen molar-refractivity contribution in [1.82, 2.24) is 10.1 Å². The lowest BCUT2D eigenvalue weighted by Gasteiger charge is -2.10. The summed E-state index contributed by atoms with van der Waals surface area (Å²) >= 11 is 0. The maximum absolute atomic E-state index is 12.2. The number of carbonyl (C=O) groups excluding carboxylic acids is 2. The second-order valence-electron chi connectivity index (χ2n) is 5.60. The number of para-hydroxylation sites is 1. The van der Waals surface area contributed by atoms with Crippen LogP contribution in [-0.2, 0) is 4.79 Å². The fraction of sp³-hybridized carbons (Fsp3) is 0.158. The number of Topliss-reactive ketones (excluding diaryl/α,β-unsaturated/α-hetero) is 1. The highest BCUT2D eigenvalue weighted by molar-refractivity contribution is 5.96. The number of anilines is 1. The van der Waals surface area contributed by atoms with Crippen LogP contribution in [0.1, 0.15) is 23.2 Å². The summed E-state index contributed by atoms with van der Waals surface area (Å²) in [6.07, 6.45) is 0. The first kappa shape index (κ1) is 17.3. The number of rotatable bonds is 6. The van der Waals surface area contributed by atoms with Gasteiger partial charge in [0.05, 0.1) is 5.69 Å². The van der Waals surface area contributed by atoms with Crippen molar-refractivity contribution in [3.8, 4) is 17.1 Å². The predicted molar refractivity (Wildman–Crippen MR) is 95.0 cm³/mol. The van der Waals surface area contributed by atoms with Crippen LogP contribution < -0.4 is 10.1 Å². The highest BCUT2D eigenvalue weighted by atomic mass is 16.5. The van der Waals surface area contributed by atoms with Crippen molar-refractivity contribution in [3.63, 3.8) is 0 Å². The van der Waals surface area contributed by atoms with E-state index in [0.29, 0.717) is 34.3 Å². The molecule has 7 nitrogen and oxygen atoms in total. The van der Waals surface area contributed by atoms with Gasteiger partial charge in [-0.25, -0.2) is 0 Å². The Kier molecular flexibility index (Phi) is 5.07. The Hall–Kier alpha value is -3.48. The fourth-order valence-electron chi connectivity index (χ4n) is 2.34. The topological polar surface area (TPSA) is 94.3 Å². The molecule has 1 amide bonds. The summed E-state index contributed by atoms with van der Waals surface area (Å²) in [7, 11) is 0. The van der Waals surface area contributed by atoms with Gasteiger partial charge in [-0.05, 0) is 31.2 Å². The third-order valence-electron chi connectivity index (χ3n) is 3.58. The van der Waals surface area contributed by atoms with Crippen LogP contribution in [0.25, 0.3) is 11.4 Å². The second kappa shape index (κ2) is 7.60. The number of amides is 1. The van der Waals surface area contributed by atoms with Gasteiger partial charge in [-0.3, -0.25) is 9.59 Å². The number of benzene rings is 2. The van der Waals surface area contributed by atoms with E-state index < -0.39 is 0 Å². The van der Waals surface area contributed by atoms with Crippen LogP contribution in [-0.4, -0.2) is 28.4 Å². The van der Waals surface area contributed by atoms with Crippen molar-refractivity contribution in [2.45, 2.75) is 13.8 Å². The van der Waals surface area contributed by atoms with Crippen molar-refractivity contribution >= 4 is 17.4 Å². The monoisotopic (exact) mass is 351 g/mol. The molecule has 3 rings (SSSR count). The van der Waals surface area contributed by atoms with E-state index in [9.17, 15) is 9.59 Å². The zero-order valence-electron chi connectivity index (χ0n) is 14.4. The number of nitrogens with one attached hydrogen (secondary N) is 1. The van der Waals surface area contributed by atoms with Gasteiger partial charge in [0, 0.05) is 18.1 Å². The van der Waals surface area contributed by atoms with Crippen LogP contribution >= 0.6 is 0 Å². The summed E-state index contributed by atoms with van der Waals surface area (Å²) in [6.45, 7) is 2.98. The molecule has 1 heterocycles. The van der Waals surface area contributed by atoms with E-state index in [1.807, 2.05) is 6.07 Å². The van der Waals surface area contributed by atoms with Crippen molar-refractivity contribution < 1.29 is 18.8 Å². The summed E-state index contributed by atoms with van der Waals surface area (Å²) in [6, 6.07) is 13.8. The molecule has 26 heavy (non-hydrogen) atoms. The van der Waals surface area contributed by atoms with Crippen LogP contribution in [0.3, 0.4) is 0 Å². The van der Waals surface area contributed by atoms with Gasteiger partial charge in [-0.2, -0.15) is 4.98 Å². The standard InChI is InChI=1S/C19H17N3O4/c1-12(23)14-6-5-7-15(10-14)25-11-18(24)21-17-9-4-3-8-16(17)19-20-13(2)26-22-19/h3-10H,11H2,1-2H3,(H,21,24). The molecule has 0 unspecified atom stereocenters. The number of ketones is 1. The third-order valence-corrected chi connectivity index (χ3v) is 3.58. The lowest BCUT2D eigenvalue weighted by atomic mass is 10.1. The average molecular weight is 351 g/mol. The van der Waals surface area contributed by atoms with Gasteiger partial charge in [0.2, 0.25) is 11.7 Å². The molecule has 0 spiro atoms. The number of aryl methyl sites for hydroxylation is 1. The quantitative estimate of drug-likeness (QED) is 0.685. The van der Waals surface area contributed by atoms with Crippen molar-refractivity contribution in [3.05, 3.63) is 60.0 Å². The first-order valence-electron chi connectivity index (χ1n) is 7.96. The van der Waals surface area contributed by atoms with Gasteiger partial charge in [-0.15, -0.1) is 0 Å². The number of carbonyl (C=O) groups is 2. The lowest BCUT2D eigenvalue weighted by Crippen LogP contribution is -2.20. The molecule has 7 heteroatoms. The minimum Gasteiger partial charge on any atom is -0.484 e. The van der Waals surface area contributed by atoms with Crippen molar-refractivity contribution in [1.29, 1.82) is 0 Å². The van der Waals surface area contributed by atoms with Crippen LogP contribution in [0.15, 0.2) is 53.1 Å². The van der Waals surface area contributed by atoms with Gasteiger partial charge in [0.1, 0.15) is 5.75 Å². The maximum atomic E-state index is 12.2. The Morgan fingerprint density at radius 3 is 2.69 bits per heavy atom. The number of nitrogens with zero attached hydrogens (tertiary/aromatic N) is 2. The van der Waals surface area contributed by atoms with Gasteiger partial charge < -0.3 is 14.6 Å². The second-order valence-corrected chi connectivity index (χ2v) is 5.60. The van der Waals surface area contributed by atoms with E-state index in [2.05, 4.69) is 15.5 Å². The highest BCUT2D eigenvalue weighted by Crippen LogP contribution is 2.25. The Morgan fingerprint density at radius 1 is 1.15 bits per heavy atom.